The van der Waals surface area contributed by atoms with Crippen molar-refractivity contribution in [3.05, 3.63) is 53.6 Å². The predicted octanol–water partition coefficient (Wildman–Crippen LogP) is 2.91. The number of rotatable bonds is 11. The van der Waals surface area contributed by atoms with E-state index in [4.69, 9.17) is 9.26 Å². The lowest BCUT2D eigenvalue weighted by Gasteiger charge is -2.18. The van der Waals surface area contributed by atoms with Gasteiger partial charge in [-0.05, 0) is 55.7 Å². The van der Waals surface area contributed by atoms with Crippen molar-refractivity contribution in [2.45, 2.75) is 32.4 Å². The van der Waals surface area contributed by atoms with Crippen LogP contribution in [0.5, 0.6) is 17.2 Å². The smallest absolute Gasteiger partial charge is 0.365 e. The summed E-state index contributed by atoms with van der Waals surface area (Å²) in [6.45, 7) is 4.05. The van der Waals surface area contributed by atoms with Crippen molar-refractivity contribution in [2.75, 3.05) is 19.5 Å². The van der Waals surface area contributed by atoms with E-state index in [0.29, 0.717) is 17.7 Å². The van der Waals surface area contributed by atoms with Gasteiger partial charge in [0.25, 0.3) is 0 Å². The van der Waals surface area contributed by atoms with E-state index >= 15 is 0 Å². The molecule has 29 heavy (non-hydrogen) atoms. The van der Waals surface area contributed by atoms with Crippen LogP contribution in [0.2, 0.25) is 0 Å². The number of hydrogen-bond acceptors (Lipinski definition) is 7. The monoisotopic (exact) mass is 425 g/mol. The molecule has 0 aromatic heterocycles. The zero-order valence-electron chi connectivity index (χ0n) is 16.5. The standard InChI is InChI=1S/C20H28NO7P/c1-3-28-29(25,26)13-27-17-7-4-15(5-8-17)10-14(2)21-12-20(24)16-6-9-18(22)19(23)11-16/h4-9,11,14,20-24H,3,10,12-13H2,1-2H3,(H,25,26). The minimum atomic E-state index is -3.73. The van der Waals surface area contributed by atoms with E-state index in [1.807, 2.05) is 19.1 Å². The highest BCUT2D eigenvalue weighted by Gasteiger charge is 2.19. The van der Waals surface area contributed by atoms with E-state index in [1.54, 1.807) is 25.1 Å². The summed E-state index contributed by atoms with van der Waals surface area (Å²) in [4.78, 5) is 9.52. The molecule has 160 valence electrons. The lowest BCUT2D eigenvalue weighted by Crippen LogP contribution is -2.32. The van der Waals surface area contributed by atoms with Crippen molar-refractivity contribution in [1.82, 2.24) is 5.32 Å². The Bertz CT molecular complexity index is 828. The van der Waals surface area contributed by atoms with Gasteiger partial charge < -0.3 is 34.8 Å². The topological polar surface area (TPSA) is 128 Å². The van der Waals surface area contributed by atoms with Crippen LogP contribution >= 0.6 is 7.60 Å². The number of aromatic hydroxyl groups is 2. The molecular formula is C20H28NO7P. The van der Waals surface area contributed by atoms with Crippen molar-refractivity contribution < 1.29 is 34.0 Å². The number of benzene rings is 2. The summed E-state index contributed by atoms with van der Waals surface area (Å²) in [6.07, 6.45) is -0.520. The van der Waals surface area contributed by atoms with Crippen LogP contribution in [-0.4, -0.2) is 45.8 Å². The molecule has 0 aliphatic carbocycles. The highest BCUT2D eigenvalue weighted by Crippen LogP contribution is 2.41. The molecule has 3 unspecified atom stereocenters. The second-order valence-electron chi connectivity index (χ2n) is 6.75. The van der Waals surface area contributed by atoms with Gasteiger partial charge >= 0.3 is 7.60 Å². The molecule has 0 heterocycles. The molecule has 5 N–H and O–H groups in total. The Kier molecular flexibility index (Phi) is 8.49. The molecule has 0 bridgehead atoms. The highest BCUT2D eigenvalue weighted by atomic mass is 31.2. The molecule has 0 fully saturated rings. The van der Waals surface area contributed by atoms with Gasteiger partial charge in [-0.1, -0.05) is 18.2 Å². The average molecular weight is 425 g/mol. The summed E-state index contributed by atoms with van der Waals surface area (Å²) >= 11 is 0. The first-order valence-electron chi connectivity index (χ1n) is 9.31. The maximum atomic E-state index is 11.6. The Labute approximate surface area is 170 Å². The van der Waals surface area contributed by atoms with Gasteiger partial charge in [0, 0.05) is 12.6 Å². The molecule has 0 aliphatic rings. The summed E-state index contributed by atoms with van der Waals surface area (Å²) in [6, 6.07) is 11.5. The molecule has 0 saturated heterocycles. The summed E-state index contributed by atoms with van der Waals surface area (Å²) in [5.41, 5.74) is 1.54. The normalized spacial score (nSPS) is 15.4. The Morgan fingerprint density at radius 3 is 2.41 bits per heavy atom. The van der Waals surface area contributed by atoms with E-state index in [0.717, 1.165) is 5.56 Å². The second kappa shape index (κ2) is 10.6. The fourth-order valence-electron chi connectivity index (χ4n) is 2.72. The number of phenols is 2. The first kappa shape index (κ1) is 23.2. The maximum absolute atomic E-state index is 11.6. The van der Waals surface area contributed by atoms with E-state index in [2.05, 4.69) is 5.32 Å². The molecule has 0 radical (unpaired) electrons. The van der Waals surface area contributed by atoms with Gasteiger partial charge in [0.15, 0.2) is 17.8 Å². The van der Waals surface area contributed by atoms with E-state index in [1.165, 1.54) is 12.1 Å². The largest absolute Gasteiger partial charge is 0.504 e. The molecule has 0 spiro atoms. The van der Waals surface area contributed by atoms with Crippen LogP contribution in [0.1, 0.15) is 31.1 Å². The molecule has 8 nitrogen and oxygen atoms in total. The van der Waals surface area contributed by atoms with Crippen LogP contribution in [-0.2, 0) is 15.5 Å². The van der Waals surface area contributed by atoms with Gasteiger partial charge in [0.2, 0.25) is 0 Å². The van der Waals surface area contributed by atoms with Crippen LogP contribution in [0.25, 0.3) is 0 Å². The van der Waals surface area contributed by atoms with Crippen LogP contribution in [0, 0.1) is 0 Å². The number of nitrogens with one attached hydrogen (secondary N) is 1. The van der Waals surface area contributed by atoms with Crippen molar-refractivity contribution in [2.24, 2.45) is 0 Å². The molecule has 0 amide bonds. The average Bonchev–Trinajstić information content (AvgIpc) is 2.67. The van der Waals surface area contributed by atoms with Crippen molar-refractivity contribution in [1.29, 1.82) is 0 Å². The summed E-state index contributed by atoms with van der Waals surface area (Å²) in [7, 11) is -3.73. The lowest BCUT2D eigenvalue weighted by molar-refractivity contribution is 0.170. The van der Waals surface area contributed by atoms with Gasteiger partial charge in [0.05, 0.1) is 12.7 Å². The first-order valence-corrected chi connectivity index (χ1v) is 11.1. The molecule has 2 aromatic carbocycles. The molecule has 0 saturated carbocycles. The van der Waals surface area contributed by atoms with Crippen molar-refractivity contribution >= 4 is 7.60 Å². The van der Waals surface area contributed by atoms with Gasteiger partial charge in [-0.25, -0.2) is 0 Å². The molecule has 9 heteroatoms. The zero-order valence-corrected chi connectivity index (χ0v) is 17.4. The molecule has 3 atom stereocenters. The van der Waals surface area contributed by atoms with Crippen LogP contribution in [0.3, 0.4) is 0 Å². The zero-order chi connectivity index (χ0) is 21.4. The fourth-order valence-corrected chi connectivity index (χ4v) is 3.51. The van der Waals surface area contributed by atoms with E-state index < -0.39 is 20.0 Å². The van der Waals surface area contributed by atoms with E-state index in [-0.39, 0.29) is 30.7 Å². The van der Waals surface area contributed by atoms with Crippen LogP contribution < -0.4 is 10.1 Å². The fraction of sp³-hybridized carbons (Fsp3) is 0.400. The lowest BCUT2D eigenvalue weighted by atomic mass is 10.1. The van der Waals surface area contributed by atoms with Crippen LogP contribution in [0.15, 0.2) is 42.5 Å². The third-order valence-corrected chi connectivity index (χ3v) is 5.35. The molecule has 2 rings (SSSR count). The number of aliphatic hydroxyl groups is 1. The number of aliphatic hydroxyl groups excluding tert-OH is 1. The minimum Gasteiger partial charge on any atom is -0.504 e. The Morgan fingerprint density at radius 1 is 1.10 bits per heavy atom. The number of ether oxygens (including phenoxy) is 1. The Morgan fingerprint density at radius 2 is 1.79 bits per heavy atom. The van der Waals surface area contributed by atoms with E-state index in [9.17, 15) is 24.8 Å². The summed E-state index contributed by atoms with van der Waals surface area (Å²) in [5, 5.41) is 32.3. The van der Waals surface area contributed by atoms with Crippen molar-refractivity contribution in [3.8, 4) is 17.2 Å². The third-order valence-electron chi connectivity index (χ3n) is 4.23. The van der Waals surface area contributed by atoms with Crippen molar-refractivity contribution in [3.63, 3.8) is 0 Å². The summed E-state index contributed by atoms with van der Waals surface area (Å²) < 4.78 is 21.7. The molecule has 2 aromatic rings. The molecular weight excluding hydrogens is 397 g/mol. The van der Waals surface area contributed by atoms with Crippen LogP contribution in [0.4, 0.5) is 0 Å². The Balaban J connectivity index is 1.80. The Hall–Kier alpha value is -2.09. The number of phenolic OH excluding ortho intramolecular Hbond substituents is 2. The van der Waals surface area contributed by atoms with Gasteiger partial charge in [-0.3, -0.25) is 4.57 Å². The quantitative estimate of drug-likeness (QED) is 0.275. The second-order valence-corrected chi connectivity index (χ2v) is 8.54. The molecule has 0 aliphatic heterocycles. The third kappa shape index (κ3) is 7.68. The van der Waals surface area contributed by atoms with Gasteiger partial charge in [-0.15, -0.1) is 0 Å². The minimum absolute atomic E-state index is 0.0674. The first-order chi connectivity index (χ1) is 13.7. The predicted molar refractivity (Wildman–Crippen MR) is 109 cm³/mol. The number of hydrogen-bond donors (Lipinski definition) is 5. The highest BCUT2D eigenvalue weighted by molar-refractivity contribution is 7.52. The maximum Gasteiger partial charge on any atom is 0.365 e. The van der Waals surface area contributed by atoms with Gasteiger partial charge in [-0.2, -0.15) is 0 Å². The SMILES string of the molecule is CCOP(=O)(O)COc1ccc(CC(C)NCC(O)c2ccc(O)c(O)c2)cc1. The summed E-state index contributed by atoms with van der Waals surface area (Å²) in [5.74, 6) is -0.0176. The van der Waals surface area contributed by atoms with Gasteiger partial charge in [0.1, 0.15) is 5.75 Å².